The van der Waals surface area contributed by atoms with Gasteiger partial charge in [-0.1, -0.05) is 12.1 Å². The second-order valence-electron chi connectivity index (χ2n) is 5.16. The molecule has 1 aromatic carbocycles. The van der Waals surface area contributed by atoms with Crippen molar-refractivity contribution in [1.29, 1.82) is 0 Å². The minimum atomic E-state index is -0.254. The summed E-state index contributed by atoms with van der Waals surface area (Å²) in [7, 11) is 1.49. The molecule has 0 spiro atoms. The number of hydrogen-bond donors (Lipinski definition) is 0. The summed E-state index contributed by atoms with van der Waals surface area (Å²) >= 11 is 0. The molecular weight excluding hydrogens is 280 g/mol. The van der Waals surface area contributed by atoms with Crippen molar-refractivity contribution in [3.05, 3.63) is 47.1 Å². The Hall–Kier alpha value is -2.76. The fraction of sp³-hybridized carbons (Fsp3) is 0.250. The third-order valence-electron chi connectivity index (χ3n) is 3.44. The number of ether oxygens (including phenoxy) is 1. The Morgan fingerprint density at radius 3 is 2.64 bits per heavy atom. The standard InChI is InChI=1S/C16H16N4O2/c1-10(2)20-16(21)15(22-3)12(9-19-20)11-5-4-6-13-14(11)18-8-7-17-13/h4-10H,1-3H3. The van der Waals surface area contributed by atoms with Gasteiger partial charge in [0.25, 0.3) is 0 Å². The van der Waals surface area contributed by atoms with Crippen LogP contribution >= 0.6 is 0 Å². The van der Waals surface area contributed by atoms with Crippen molar-refractivity contribution in [1.82, 2.24) is 19.7 Å². The van der Waals surface area contributed by atoms with E-state index in [-0.39, 0.29) is 17.4 Å². The Morgan fingerprint density at radius 2 is 1.91 bits per heavy atom. The van der Waals surface area contributed by atoms with Crippen LogP contribution in [-0.2, 0) is 0 Å². The maximum atomic E-state index is 12.5. The molecule has 112 valence electrons. The fourth-order valence-electron chi connectivity index (χ4n) is 2.42. The van der Waals surface area contributed by atoms with Crippen LogP contribution in [-0.4, -0.2) is 26.9 Å². The molecule has 22 heavy (non-hydrogen) atoms. The highest BCUT2D eigenvalue weighted by Crippen LogP contribution is 2.30. The number of hydrogen-bond acceptors (Lipinski definition) is 5. The van der Waals surface area contributed by atoms with Gasteiger partial charge in [0, 0.05) is 18.0 Å². The maximum absolute atomic E-state index is 12.5. The van der Waals surface area contributed by atoms with E-state index in [0.717, 1.165) is 11.1 Å². The summed E-state index contributed by atoms with van der Waals surface area (Å²) in [6.45, 7) is 3.80. The topological polar surface area (TPSA) is 69.9 Å². The molecule has 0 saturated carbocycles. The number of para-hydroxylation sites is 1. The summed E-state index contributed by atoms with van der Waals surface area (Å²) in [4.78, 5) is 21.2. The molecule has 0 atom stereocenters. The molecule has 0 aliphatic heterocycles. The summed E-state index contributed by atoms with van der Waals surface area (Å²) in [6.07, 6.45) is 4.91. The minimum absolute atomic E-state index is 0.0391. The second-order valence-corrected chi connectivity index (χ2v) is 5.16. The van der Waals surface area contributed by atoms with Crippen molar-refractivity contribution in [2.45, 2.75) is 19.9 Å². The highest BCUT2D eigenvalue weighted by Gasteiger charge is 2.17. The van der Waals surface area contributed by atoms with E-state index in [1.807, 2.05) is 32.0 Å². The lowest BCUT2D eigenvalue weighted by Gasteiger charge is -2.13. The first-order chi connectivity index (χ1) is 10.6. The van der Waals surface area contributed by atoms with Crippen molar-refractivity contribution >= 4 is 11.0 Å². The van der Waals surface area contributed by atoms with Crippen LogP contribution < -0.4 is 10.3 Å². The predicted molar refractivity (Wildman–Crippen MR) is 84.0 cm³/mol. The van der Waals surface area contributed by atoms with Crippen molar-refractivity contribution in [2.24, 2.45) is 0 Å². The molecule has 0 amide bonds. The molecule has 6 nitrogen and oxygen atoms in total. The van der Waals surface area contributed by atoms with E-state index in [0.29, 0.717) is 11.1 Å². The van der Waals surface area contributed by atoms with Crippen LogP contribution in [0.4, 0.5) is 0 Å². The zero-order valence-corrected chi connectivity index (χ0v) is 12.6. The Balaban J connectivity index is 2.32. The summed E-state index contributed by atoms with van der Waals surface area (Å²) in [5.74, 6) is 0.266. The molecule has 0 bridgehead atoms. The van der Waals surface area contributed by atoms with Crippen LogP contribution in [0, 0.1) is 0 Å². The van der Waals surface area contributed by atoms with Gasteiger partial charge >= 0.3 is 5.56 Å². The lowest BCUT2D eigenvalue weighted by molar-refractivity contribution is 0.391. The lowest BCUT2D eigenvalue weighted by Crippen LogP contribution is -2.26. The van der Waals surface area contributed by atoms with E-state index in [9.17, 15) is 4.79 Å². The smallest absolute Gasteiger partial charge is 0.309 e. The Kier molecular flexibility index (Phi) is 3.58. The number of fused-ring (bicyclic) bond motifs is 1. The highest BCUT2D eigenvalue weighted by molar-refractivity contribution is 5.92. The summed E-state index contributed by atoms with van der Waals surface area (Å²) < 4.78 is 6.75. The lowest BCUT2D eigenvalue weighted by atomic mass is 10.1. The Labute approximate surface area is 127 Å². The second kappa shape index (κ2) is 5.55. The number of aromatic nitrogens is 4. The van der Waals surface area contributed by atoms with Crippen molar-refractivity contribution in [2.75, 3.05) is 7.11 Å². The predicted octanol–water partition coefficient (Wildman–Crippen LogP) is 2.44. The van der Waals surface area contributed by atoms with Gasteiger partial charge < -0.3 is 4.74 Å². The zero-order chi connectivity index (χ0) is 15.7. The van der Waals surface area contributed by atoms with Crippen LogP contribution in [0.2, 0.25) is 0 Å². The molecule has 0 saturated heterocycles. The van der Waals surface area contributed by atoms with Crippen LogP contribution in [0.15, 0.2) is 41.6 Å². The van der Waals surface area contributed by atoms with E-state index >= 15 is 0 Å². The molecule has 2 heterocycles. The average molecular weight is 296 g/mol. The molecule has 0 aliphatic carbocycles. The van der Waals surface area contributed by atoms with Gasteiger partial charge in [-0.3, -0.25) is 14.8 Å². The molecule has 0 unspecified atom stereocenters. The van der Waals surface area contributed by atoms with E-state index in [1.165, 1.54) is 11.8 Å². The first-order valence-electron chi connectivity index (χ1n) is 6.99. The third kappa shape index (κ3) is 2.22. The fourth-order valence-corrected chi connectivity index (χ4v) is 2.42. The number of methoxy groups -OCH3 is 1. The molecule has 3 aromatic rings. The molecule has 0 aliphatic rings. The normalized spacial score (nSPS) is 11.1. The van der Waals surface area contributed by atoms with Gasteiger partial charge in [0.2, 0.25) is 0 Å². The SMILES string of the molecule is COc1c(-c2cccc3nccnc23)cnn(C(C)C)c1=O. The number of benzene rings is 1. The van der Waals surface area contributed by atoms with Crippen molar-refractivity contribution in [3.8, 4) is 16.9 Å². The largest absolute Gasteiger partial charge is 0.491 e. The van der Waals surface area contributed by atoms with Crippen LogP contribution in [0.1, 0.15) is 19.9 Å². The van der Waals surface area contributed by atoms with Gasteiger partial charge in [-0.2, -0.15) is 5.10 Å². The third-order valence-corrected chi connectivity index (χ3v) is 3.44. The molecule has 0 N–H and O–H groups in total. The van der Waals surface area contributed by atoms with Crippen LogP contribution in [0.3, 0.4) is 0 Å². The van der Waals surface area contributed by atoms with E-state index in [2.05, 4.69) is 15.1 Å². The average Bonchev–Trinajstić information content (AvgIpc) is 2.53. The van der Waals surface area contributed by atoms with Gasteiger partial charge in [0.05, 0.1) is 35.9 Å². The first-order valence-corrected chi connectivity index (χ1v) is 6.99. The minimum Gasteiger partial charge on any atom is -0.491 e. The van der Waals surface area contributed by atoms with E-state index < -0.39 is 0 Å². The Morgan fingerprint density at radius 1 is 1.14 bits per heavy atom. The van der Waals surface area contributed by atoms with Gasteiger partial charge in [-0.05, 0) is 19.9 Å². The number of rotatable bonds is 3. The van der Waals surface area contributed by atoms with Gasteiger partial charge in [0.1, 0.15) is 0 Å². The van der Waals surface area contributed by atoms with Crippen LogP contribution in [0.25, 0.3) is 22.2 Å². The molecule has 6 heteroatoms. The number of nitrogens with zero attached hydrogens (tertiary/aromatic N) is 4. The molecular formula is C16H16N4O2. The molecule has 3 rings (SSSR count). The van der Waals surface area contributed by atoms with Crippen molar-refractivity contribution < 1.29 is 4.74 Å². The van der Waals surface area contributed by atoms with Gasteiger partial charge in [-0.25, -0.2) is 4.68 Å². The van der Waals surface area contributed by atoms with Crippen LogP contribution in [0.5, 0.6) is 5.75 Å². The Bertz CT molecular complexity index is 881. The molecule has 0 radical (unpaired) electrons. The summed E-state index contributed by atoms with van der Waals surface area (Å²) in [5.41, 5.74) is 2.62. The summed E-state index contributed by atoms with van der Waals surface area (Å²) in [6, 6.07) is 5.60. The molecule has 2 aromatic heterocycles. The van der Waals surface area contributed by atoms with Gasteiger partial charge in [0.15, 0.2) is 5.75 Å². The van der Waals surface area contributed by atoms with E-state index in [1.54, 1.807) is 18.6 Å². The monoisotopic (exact) mass is 296 g/mol. The summed E-state index contributed by atoms with van der Waals surface area (Å²) in [5, 5.41) is 4.25. The van der Waals surface area contributed by atoms with Crippen molar-refractivity contribution in [3.63, 3.8) is 0 Å². The zero-order valence-electron chi connectivity index (χ0n) is 12.6. The quantitative estimate of drug-likeness (QED) is 0.742. The van der Waals surface area contributed by atoms with Gasteiger partial charge in [-0.15, -0.1) is 0 Å². The highest BCUT2D eigenvalue weighted by atomic mass is 16.5. The van der Waals surface area contributed by atoms with E-state index in [4.69, 9.17) is 4.74 Å². The molecule has 0 fully saturated rings. The maximum Gasteiger partial charge on any atom is 0.309 e. The first kappa shape index (κ1) is 14.2.